The van der Waals surface area contributed by atoms with E-state index in [4.69, 9.17) is 0 Å². The summed E-state index contributed by atoms with van der Waals surface area (Å²) in [6, 6.07) is 18.3. The van der Waals surface area contributed by atoms with Crippen LogP contribution in [-0.4, -0.2) is 23.3 Å². The minimum absolute atomic E-state index is 0.104. The second-order valence-corrected chi connectivity index (χ2v) is 9.15. The zero-order valence-corrected chi connectivity index (χ0v) is 18.2. The van der Waals surface area contributed by atoms with Gasteiger partial charge in [-0.2, -0.15) is 5.26 Å². The molecule has 5 rings (SSSR count). The highest BCUT2D eigenvalue weighted by atomic mass is 79.9. The Morgan fingerprint density at radius 2 is 1.93 bits per heavy atom. The molecule has 1 heterocycles. The molecule has 4 nitrogen and oxygen atoms in total. The van der Waals surface area contributed by atoms with Crippen molar-refractivity contribution >= 4 is 55.7 Å². The Morgan fingerprint density at radius 1 is 1.13 bits per heavy atom. The molecule has 2 aliphatic rings. The number of aliphatic hydroxyl groups is 1. The molecular weight excluding hydrogens is 460 g/mol. The van der Waals surface area contributed by atoms with Crippen LogP contribution in [0.5, 0.6) is 0 Å². The monoisotopic (exact) mass is 474 g/mol. The van der Waals surface area contributed by atoms with E-state index < -0.39 is 5.91 Å². The highest BCUT2D eigenvalue weighted by Crippen LogP contribution is 2.48. The minimum atomic E-state index is -0.463. The Kier molecular flexibility index (Phi) is 4.82. The highest BCUT2D eigenvalue weighted by Gasteiger charge is 2.36. The van der Waals surface area contributed by atoms with Crippen LogP contribution in [0.1, 0.15) is 23.1 Å². The summed E-state index contributed by atoms with van der Waals surface area (Å²) >= 11 is 5.18. The van der Waals surface area contributed by atoms with Crippen molar-refractivity contribution in [2.75, 3.05) is 6.61 Å². The van der Waals surface area contributed by atoms with E-state index >= 15 is 0 Å². The number of carbonyl (C=O) groups excluding carboxylic acids is 1. The van der Waals surface area contributed by atoms with Gasteiger partial charge in [-0.05, 0) is 59.7 Å². The first kappa shape index (κ1) is 19.3. The van der Waals surface area contributed by atoms with Crippen molar-refractivity contribution in [1.29, 1.82) is 5.26 Å². The maximum Gasteiger partial charge on any atom is 0.288 e. The lowest BCUT2D eigenvalue weighted by atomic mass is 9.96. The second kappa shape index (κ2) is 7.51. The molecule has 3 aromatic rings. The van der Waals surface area contributed by atoms with E-state index in [-0.39, 0.29) is 12.2 Å². The largest absolute Gasteiger partial charge is 0.396 e. The molecule has 1 aliphatic heterocycles. The van der Waals surface area contributed by atoms with Crippen molar-refractivity contribution in [2.45, 2.75) is 22.6 Å². The number of nitrogens with zero attached hydrogens (tertiary/aromatic N) is 2. The number of nitriles is 1. The van der Waals surface area contributed by atoms with Crippen molar-refractivity contribution in [1.82, 2.24) is 0 Å². The lowest BCUT2D eigenvalue weighted by molar-refractivity contribution is -0.113. The van der Waals surface area contributed by atoms with Gasteiger partial charge in [-0.3, -0.25) is 4.79 Å². The number of fused-ring (bicyclic) bond motifs is 3. The molecule has 0 fully saturated rings. The number of aliphatic imine (C=N–C) groups is 1. The number of halogens is 1. The molecule has 146 valence electrons. The first-order chi connectivity index (χ1) is 14.6. The third-order valence-corrected chi connectivity index (χ3v) is 7.10. The summed E-state index contributed by atoms with van der Waals surface area (Å²) in [7, 11) is 0. The number of aryl methyl sites for hydroxylation is 1. The highest BCUT2D eigenvalue weighted by molar-refractivity contribution is 9.10. The summed E-state index contributed by atoms with van der Waals surface area (Å²) in [5.74, 6) is -0.463. The van der Waals surface area contributed by atoms with Crippen LogP contribution in [0.4, 0.5) is 0 Å². The molecule has 1 aliphatic carbocycles. The number of aliphatic hydroxyl groups excluding tert-OH is 1. The van der Waals surface area contributed by atoms with Crippen LogP contribution in [-0.2, 0) is 11.2 Å². The zero-order chi connectivity index (χ0) is 20.8. The van der Waals surface area contributed by atoms with Crippen molar-refractivity contribution in [3.05, 3.63) is 75.3 Å². The van der Waals surface area contributed by atoms with Crippen LogP contribution in [0.3, 0.4) is 0 Å². The normalized spacial score (nSPS) is 14.3. The van der Waals surface area contributed by atoms with Gasteiger partial charge < -0.3 is 5.11 Å². The first-order valence-electron chi connectivity index (χ1n) is 9.53. The fraction of sp³-hybridized carbons (Fsp3) is 0.125. The number of carbonyl (C=O) groups is 1. The molecule has 0 unspecified atom stereocenters. The summed E-state index contributed by atoms with van der Waals surface area (Å²) in [6.45, 7) is 0.104. The van der Waals surface area contributed by atoms with Gasteiger partial charge in [0, 0.05) is 37.4 Å². The third-order valence-electron chi connectivity index (χ3n) is 5.38. The van der Waals surface area contributed by atoms with E-state index in [2.05, 4.69) is 51.3 Å². The van der Waals surface area contributed by atoms with Gasteiger partial charge in [0.2, 0.25) is 0 Å². The van der Waals surface area contributed by atoms with Gasteiger partial charge in [0.1, 0.15) is 11.6 Å². The first-order valence-corrected chi connectivity index (χ1v) is 11.1. The van der Waals surface area contributed by atoms with Crippen LogP contribution < -0.4 is 0 Å². The van der Waals surface area contributed by atoms with Gasteiger partial charge in [0.15, 0.2) is 0 Å². The van der Waals surface area contributed by atoms with Crippen LogP contribution in [0.15, 0.2) is 73.4 Å². The molecule has 0 aromatic heterocycles. The number of amides is 1. The van der Waals surface area contributed by atoms with E-state index in [1.54, 1.807) is 11.8 Å². The minimum Gasteiger partial charge on any atom is -0.396 e. The average Bonchev–Trinajstić information content (AvgIpc) is 3.24. The quantitative estimate of drug-likeness (QED) is 0.544. The maximum atomic E-state index is 12.2. The predicted molar refractivity (Wildman–Crippen MR) is 122 cm³/mol. The molecule has 1 N–H and O–H groups in total. The zero-order valence-electron chi connectivity index (χ0n) is 15.8. The molecule has 30 heavy (non-hydrogen) atoms. The third kappa shape index (κ3) is 2.93. The predicted octanol–water partition coefficient (Wildman–Crippen LogP) is 5.30. The molecule has 0 saturated heterocycles. The van der Waals surface area contributed by atoms with E-state index in [0.717, 1.165) is 41.7 Å². The maximum absolute atomic E-state index is 12.2. The number of hydrogen-bond acceptors (Lipinski definition) is 4. The van der Waals surface area contributed by atoms with E-state index in [9.17, 15) is 15.2 Å². The Balaban J connectivity index is 1.77. The molecule has 0 spiro atoms. The Labute approximate surface area is 186 Å². The Hall–Kier alpha value is -2.72. The molecular formula is C24H15BrN2O2S. The number of benzene rings is 3. The summed E-state index contributed by atoms with van der Waals surface area (Å²) in [5.41, 5.74) is 4.28. The van der Waals surface area contributed by atoms with Gasteiger partial charge >= 0.3 is 0 Å². The summed E-state index contributed by atoms with van der Waals surface area (Å²) in [6.07, 6.45) is 1.35. The van der Waals surface area contributed by atoms with Crippen molar-refractivity contribution < 1.29 is 9.90 Å². The second-order valence-electron chi connectivity index (χ2n) is 7.15. The summed E-state index contributed by atoms with van der Waals surface area (Å²) in [5, 5.41) is 21.1. The van der Waals surface area contributed by atoms with Crippen molar-refractivity contribution in [3.8, 4) is 6.07 Å². The van der Waals surface area contributed by atoms with Crippen LogP contribution in [0.2, 0.25) is 0 Å². The van der Waals surface area contributed by atoms with E-state index in [1.807, 2.05) is 24.3 Å². The lowest BCUT2D eigenvalue weighted by Gasteiger charge is -2.15. The number of allylic oxidation sites excluding steroid dienone is 1. The van der Waals surface area contributed by atoms with Gasteiger partial charge in [-0.15, -0.1) is 0 Å². The van der Waals surface area contributed by atoms with Crippen LogP contribution in [0.25, 0.3) is 16.3 Å². The number of hydrogen-bond donors (Lipinski definition) is 1. The summed E-state index contributed by atoms with van der Waals surface area (Å²) in [4.78, 5) is 18.7. The topological polar surface area (TPSA) is 73.5 Å². The van der Waals surface area contributed by atoms with Crippen LogP contribution >= 0.6 is 27.7 Å². The van der Waals surface area contributed by atoms with Gasteiger partial charge in [0.05, 0.1) is 5.71 Å². The lowest BCUT2D eigenvalue weighted by Crippen LogP contribution is -1.97. The van der Waals surface area contributed by atoms with Crippen molar-refractivity contribution in [2.24, 2.45) is 4.99 Å². The molecule has 3 aromatic carbocycles. The fourth-order valence-corrected chi connectivity index (χ4v) is 5.45. The Bertz CT molecular complexity index is 1330. The molecule has 6 heteroatoms. The van der Waals surface area contributed by atoms with E-state index in [0.29, 0.717) is 24.1 Å². The molecule has 1 amide bonds. The SMILES string of the molecule is N#CC1=C2C(=NC1=O)c1cccc3c(Sc4ccc(Br)cc4)c(CCCO)cc2c13. The number of rotatable bonds is 5. The molecule has 0 bridgehead atoms. The average molecular weight is 475 g/mol. The van der Waals surface area contributed by atoms with Crippen LogP contribution in [0, 0.1) is 11.3 Å². The molecule has 0 saturated carbocycles. The smallest absolute Gasteiger partial charge is 0.288 e. The molecule has 0 atom stereocenters. The van der Waals surface area contributed by atoms with E-state index in [1.165, 1.54) is 0 Å². The van der Waals surface area contributed by atoms with Gasteiger partial charge in [-0.1, -0.05) is 45.9 Å². The van der Waals surface area contributed by atoms with Gasteiger partial charge in [-0.25, -0.2) is 4.99 Å². The fourth-order valence-electron chi connectivity index (χ4n) is 4.11. The summed E-state index contributed by atoms with van der Waals surface area (Å²) < 4.78 is 1.03. The van der Waals surface area contributed by atoms with Gasteiger partial charge in [0.25, 0.3) is 5.91 Å². The standard InChI is InChI=1S/C24H15BrN2O2S/c25-14-6-8-15(9-7-14)30-23-13(3-2-10-28)11-18-20-16(4-1-5-17(20)23)22-21(18)19(12-26)24(29)27-22/h1,4-9,11,28H,2-3,10H2. The van der Waals surface area contributed by atoms with Crippen molar-refractivity contribution in [3.63, 3.8) is 0 Å². The Morgan fingerprint density at radius 3 is 2.67 bits per heavy atom. The molecule has 0 radical (unpaired) electrons.